The molecule has 0 radical (unpaired) electrons. The number of likely N-dealkylation sites (tertiary alicyclic amines) is 1. The van der Waals surface area contributed by atoms with Gasteiger partial charge in [-0.25, -0.2) is 0 Å². The zero-order valence-electron chi connectivity index (χ0n) is 14.1. The van der Waals surface area contributed by atoms with Gasteiger partial charge in [-0.05, 0) is 43.6 Å². The van der Waals surface area contributed by atoms with Gasteiger partial charge in [-0.3, -0.25) is 14.6 Å². The van der Waals surface area contributed by atoms with Crippen LogP contribution >= 0.6 is 0 Å². The van der Waals surface area contributed by atoms with E-state index >= 15 is 0 Å². The molecule has 0 atom stereocenters. The second-order valence-corrected chi connectivity index (χ2v) is 6.83. The van der Waals surface area contributed by atoms with Crippen LogP contribution in [0.5, 0.6) is 11.5 Å². The maximum Gasteiger partial charge on any atom is 0.236 e. The molecule has 0 aromatic heterocycles. The van der Waals surface area contributed by atoms with Crippen LogP contribution in [0.15, 0.2) is 18.2 Å². The first kappa shape index (κ1) is 15.7. The standard InChI is InChI=1S/C18H25N3O3/c22-18(13-19-5-1-2-6-19)21-9-7-20(8-10-21)12-15-3-4-16-17(11-15)24-14-23-16/h3-4,11H,1-2,5-10,12-14H2. The molecule has 6 heteroatoms. The number of piperazine rings is 1. The van der Waals surface area contributed by atoms with Crippen molar-refractivity contribution in [1.29, 1.82) is 0 Å². The summed E-state index contributed by atoms with van der Waals surface area (Å²) in [6.45, 7) is 7.49. The SMILES string of the molecule is O=C(CN1CCCC1)N1CCN(Cc2ccc3c(c2)OCO3)CC1. The highest BCUT2D eigenvalue weighted by atomic mass is 16.7. The van der Waals surface area contributed by atoms with Crippen LogP contribution in [0.2, 0.25) is 0 Å². The summed E-state index contributed by atoms with van der Waals surface area (Å²) in [5, 5.41) is 0. The van der Waals surface area contributed by atoms with E-state index in [9.17, 15) is 4.79 Å². The van der Waals surface area contributed by atoms with Crippen molar-refractivity contribution in [3.8, 4) is 11.5 Å². The summed E-state index contributed by atoms with van der Waals surface area (Å²) >= 11 is 0. The average Bonchev–Trinajstić information content (AvgIpc) is 3.26. The molecule has 130 valence electrons. The Morgan fingerprint density at radius 2 is 1.67 bits per heavy atom. The first-order valence-corrected chi connectivity index (χ1v) is 8.89. The lowest BCUT2D eigenvalue weighted by molar-refractivity contribution is -0.134. The summed E-state index contributed by atoms with van der Waals surface area (Å²) in [6.07, 6.45) is 2.47. The summed E-state index contributed by atoms with van der Waals surface area (Å²) in [4.78, 5) is 19.1. The van der Waals surface area contributed by atoms with Gasteiger partial charge in [0.25, 0.3) is 0 Å². The molecule has 0 aliphatic carbocycles. The molecule has 1 aromatic carbocycles. The van der Waals surface area contributed by atoms with Gasteiger partial charge in [-0.1, -0.05) is 6.07 Å². The predicted octanol–water partition coefficient (Wildman–Crippen LogP) is 1.16. The van der Waals surface area contributed by atoms with E-state index in [1.54, 1.807) is 0 Å². The monoisotopic (exact) mass is 331 g/mol. The Bertz CT molecular complexity index is 593. The molecule has 3 aliphatic rings. The highest BCUT2D eigenvalue weighted by Crippen LogP contribution is 2.32. The Morgan fingerprint density at radius 1 is 0.917 bits per heavy atom. The zero-order chi connectivity index (χ0) is 16.4. The van der Waals surface area contributed by atoms with Crippen LogP contribution in [0.25, 0.3) is 0 Å². The number of carbonyl (C=O) groups is 1. The summed E-state index contributed by atoms with van der Waals surface area (Å²) in [5.41, 5.74) is 1.23. The van der Waals surface area contributed by atoms with E-state index in [0.717, 1.165) is 57.3 Å². The minimum Gasteiger partial charge on any atom is -0.454 e. The van der Waals surface area contributed by atoms with E-state index in [-0.39, 0.29) is 0 Å². The lowest BCUT2D eigenvalue weighted by Crippen LogP contribution is -2.50. The van der Waals surface area contributed by atoms with Crippen molar-refractivity contribution in [3.63, 3.8) is 0 Å². The molecule has 1 amide bonds. The molecule has 4 rings (SSSR count). The third-order valence-electron chi connectivity index (χ3n) is 5.13. The first-order valence-electron chi connectivity index (χ1n) is 8.89. The summed E-state index contributed by atoms with van der Waals surface area (Å²) in [7, 11) is 0. The number of carbonyl (C=O) groups excluding carboxylic acids is 1. The van der Waals surface area contributed by atoms with Gasteiger partial charge < -0.3 is 14.4 Å². The molecule has 0 unspecified atom stereocenters. The summed E-state index contributed by atoms with van der Waals surface area (Å²) < 4.78 is 10.8. The summed E-state index contributed by atoms with van der Waals surface area (Å²) in [6, 6.07) is 6.14. The normalized spacial score (nSPS) is 21.4. The number of benzene rings is 1. The van der Waals surface area contributed by atoms with Gasteiger partial charge in [-0.2, -0.15) is 0 Å². The summed E-state index contributed by atoms with van der Waals surface area (Å²) in [5.74, 6) is 1.96. The number of amides is 1. The van der Waals surface area contributed by atoms with Gasteiger partial charge in [0.15, 0.2) is 11.5 Å². The van der Waals surface area contributed by atoms with Crippen LogP contribution in [0, 0.1) is 0 Å². The molecule has 2 saturated heterocycles. The van der Waals surface area contributed by atoms with Crippen LogP contribution in [0.3, 0.4) is 0 Å². The van der Waals surface area contributed by atoms with E-state index in [4.69, 9.17) is 9.47 Å². The third kappa shape index (κ3) is 3.49. The molecule has 24 heavy (non-hydrogen) atoms. The Labute approximate surface area is 142 Å². The van der Waals surface area contributed by atoms with Gasteiger partial charge in [0.1, 0.15) is 0 Å². The smallest absolute Gasteiger partial charge is 0.236 e. The number of hydrogen-bond acceptors (Lipinski definition) is 5. The number of ether oxygens (including phenoxy) is 2. The number of nitrogens with zero attached hydrogens (tertiary/aromatic N) is 3. The molecular formula is C18H25N3O3. The third-order valence-corrected chi connectivity index (χ3v) is 5.13. The van der Waals surface area contributed by atoms with Crippen molar-refractivity contribution in [1.82, 2.24) is 14.7 Å². The van der Waals surface area contributed by atoms with Gasteiger partial charge in [0, 0.05) is 32.7 Å². The number of rotatable bonds is 4. The van der Waals surface area contributed by atoms with Gasteiger partial charge in [-0.15, -0.1) is 0 Å². The number of fused-ring (bicyclic) bond motifs is 1. The van der Waals surface area contributed by atoms with Gasteiger partial charge in [0.05, 0.1) is 6.54 Å². The minimum atomic E-state index is 0.291. The Kier molecular flexibility index (Phi) is 4.58. The highest BCUT2D eigenvalue weighted by Gasteiger charge is 2.24. The second kappa shape index (κ2) is 6.99. The Morgan fingerprint density at radius 3 is 2.46 bits per heavy atom. The van der Waals surface area contributed by atoms with Crippen molar-refractivity contribution >= 4 is 5.91 Å². The first-order chi connectivity index (χ1) is 11.8. The molecule has 2 fully saturated rings. The lowest BCUT2D eigenvalue weighted by Gasteiger charge is -2.35. The Hall–Kier alpha value is -1.79. The molecule has 6 nitrogen and oxygen atoms in total. The van der Waals surface area contributed by atoms with E-state index in [1.807, 2.05) is 11.0 Å². The molecule has 3 aliphatic heterocycles. The van der Waals surface area contributed by atoms with Gasteiger partial charge >= 0.3 is 0 Å². The predicted molar refractivity (Wildman–Crippen MR) is 90.1 cm³/mol. The van der Waals surface area contributed by atoms with Crippen LogP contribution in [-0.4, -0.2) is 73.2 Å². The number of hydrogen-bond donors (Lipinski definition) is 0. The fourth-order valence-corrected chi connectivity index (χ4v) is 3.68. The van der Waals surface area contributed by atoms with Crippen LogP contribution < -0.4 is 9.47 Å². The molecule has 0 spiro atoms. The lowest BCUT2D eigenvalue weighted by atomic mass is 10.1. The van der Waals surface area contributed by atoms with Crippen molar-refractivity contribution in [2.24, 2.45) is 0 Å². The van der Waals surface area contributed by atoms with E-state index in [0.29, 0.717) is 19.2 Å². The fourth-order valence-electron chi connectivity index (χ4n) is 3.68. The molecule has 1 aromatic rings. The van der Waals surface area contributed by atoms with Crippen molar-refractivity contribution in [2.45, 2.75) is 19.4 Å². The average molecular weight is 331 g/mol. The van der Waals surface area contributed by atoms with Crippen LogP contribution in [-0.2, 0) is 11.3 Å². The molecule has 0 N–H and O–H groups in total. The zero-order valence-corrected chi connectivity index (χ0v) is 14.1. The topological polar surface area (TPSA) is 45.3 Å². The van der Waals surface area contributed by atoms with Crippen molar-refractivity contribution < 1.29 is 14.3 Å². The van der Waals surface area contributed by atoms with Crippen LogP contribution in [0.1, 0.15) is 18.4 Å². The van der Waals surface area contributed by atoms with E-state index in [2.05, 4.69) is 21.9 Å². The second-order valence-electron chi connectivity index (χ2n) is 6.83. The molecular weight excluding hydrogens is 306 g/mol. The van der Waals surface area contributed by atoms with Crippen LogP contribution in [0.4, 0.5) is 0 Å². The largest absolute Gasteiger partial charge is 0.454 e. The van der Waals surface area contributed by atoms with Crippen molar-refractivity contribution in [3.05, 3.63) is 23.8 Å². The maximum atomic E-state index is 12.4. The maximum absolute atomic E-state index is 12.4. The molecule has 0 saturated carbocycles. The van der Waals surface area contributed by atoms with Gasteiger partial charge in [0.2, 0.25) is 12.7 Å². The minimum absolute atomic E-state index is 0.291. The molecule has 0 bridgehead atoms. The fraction of sp³-hybridized carbons (Fsp3) is 0.611. The van der Waals surface area contributed by atoms with E-state index in [1.165, 1.54) is 18.4 Å². The highest BCUT2D eigenvalue weighted by molar-refractivity contribution is 5.78. The molecule has 3 heterocycles. The van der Waals surface area contributed by atoms with Crippen molar-refractivity contribution in [2.75, 3.05) is 52.6 Å². The Balaban J connectivity index is 1.26. The quantitative estimate of drug-likeness (QED) is 0.828. The van der Waals surface area contributed by atoms with E-state index < -0.39 is 0 Å².